The summed E-state index contributed by atoms with van der Waals surface area (Å²) in [5.41, 5.74) is 1.10. The van der Waals surface area contributed by atoms with Crippen LogP contribution in [-0.2, 0) is 24.1 Å². The van der Waals surface area contributed by atoms with Gasteiger partial charge in [-0.1, -0.05) is 23.5 Å². The molecule has 0 saturated carbocycles. The number of hydrogen-bond acceptors (Lipinski definition) is 9. The minimum atomic E-state index is -4.80. The average Bonchev–Trinajstić information content (AvgIpc) is 3.29. The Kier molecular flexibility index (Phi) is 9.82. The van der Waals surface area contributed by atoms with E-state index in [0.29, 0.717) is 29.8 Å². The van der Waals surface area contributed by atoms with Crippen molar-refractivity contribution in [1.82, 2.24) is 20.4 Å². The Morgan fingerprint density at radius 3 is 2.53 bits per heavy atom. The Morgan fingerprint density at radius 1 is 1.00 bits per heavy atom. The van der Waals surface area contributed by atoms with E-state index in [9.17, 15) is 22.8 Å². The fourth-order valence-electron chi connectivity index (χ4n) is 3.18. The topological polar surface area (TPSA) is 127 Å². The van der Waals surface area contributed by atoms with Crippen LogP contribution in [0.15, 0.2) is 36.4 Å². The quantitative estimate of drug-likeness (QED) is 0.255. The Morgan fingerprint density at radius 2 is 1.81 bits per heavy atom. The number of unbranched alkanes of at least 4 members (excludes halogenated alkanes) is 1. The van der Waals surface area contributed by atoms with Crippen molar-refractivity contribution in [3.8, 4) is 5.75 Å². The van der Waals surface area contributed by atoms with Gasteiger partial charge in [0.25, 0.3) is 0 Å². The number of anilines is 1. The summed E-state index contributed by atoms with van der Waals surface area (Å²) in [7, 11) is 0. The van der Waals surface area contributed by atoms with Gasteiger partial charge < -0.3 is 15.2 Å². The third kappa shape index (κ3) is 9.30. The van der Waals surface area contributed by atoms with Crippen LogP contribution in [0.1, 0.15) is 51.8 Å². The highest BCUT2D eigenvalue weighted by atomic mass is 32.1. The number of amides is 1. The number of benzene rings is 1. The molecule has 1 amide bonds. The molecule has 3 aromatic rings. The predicted molar refractivity (Wildman–Crippen MR) is 125 cm³/mol. The van der Waals surface area contributed by atoms with E-state index in [1.807, 2.05) is 0 Å². The van der Waals surface area contributed by atoms with Crippen molar-refractivity contribution in [2.24, 2.45) is 0 Å². The van der Waals surface area contributed by atoms with Crippen molar-refractivity contribution in [1.29, 1.82) is 0 Å². The number of ether oxygens (including phenoxy) is 1. The average molecular weight is 524 g/mol. The molecule has 0 unspecified atom stereocenters. The van der Waals surface area contributed by atoms with Crippen molar-refractivity contribution in [2.45, 2.75) is 51.3 Å². The standard InChI is InChI=1S/C23H24F3N5O4S/c24-23(25,26)35-17-7-3-5-15(13-17)14-20(34)27-19-11-10-16(28-29-19)6-1-2-9-21-30-31-22(36-21)18(33)8-4-12-32/h3,5,7,10-11,13,32H,1-2,4,6,8-9,12,14H2,(H,27,29,34). The summed E-state index contributed by atoms with van der Waals surface area (Å²) in [6.07, 6.45) is -1.33. The Hall–Kier alpha value is -3.45. The highest BCUT2D eigenvalue weighted by Crippen LogP contribution is 2.23. The van der Waals surface area contributed by atoms with E-state index in [1.54, 1.807) is 12.1 Å². The third-order valence-corrected chi connectivity index (χ3v) is 5.85. The molecule has 0 saturated heterocycles. The minimum absolute atomic E-state index is 0.0354. The molecule has 2 N–H and O–H groups in total. The van der Waals surface area contributed by atoms with Crippen LogP contribution in [0.3, 0.4) is 0 Å². The van der Waals surface area contributed by atoms with Crippen molar-refractivity contribution < 1.29 is 32.6 Å². The highest BCUT2D eigenvalue weighted by molar-refractivity contribution is 7.13. The molecule has 36 heavy (non-hydrogen) atoms. The largest absolute Gasteiger partial charge is 0.573 e. The lowest BCUT2D eigenvalue weighted by Crippen LogP contribution is -2.18. The summed E-state index contributed by atoms with van der Waals surface area (Å²) in [6.45, 7) is -0.0354. The minimum Gasteiger partial charge on any atom is -0.406 e. The van der Waals surface area contributed by atoms with Gasteiger partial charge in [-0.25, -0.2) is 0 Å². The number of carbonyl (C=O) groups excluding carboxylic acids is 2. The lowest BCUT2D eigenvalue weighted by atomic mass is 10.1. The molecule has 0 aliphatic rings. The Balaban J connectivity index is 1.40. The fourth-order valence-corrected chi connectivity index (χ4v) is 4.03. The molecule has 9 nitrogen and oxygen atoms in total. The molecular weight excluding hydrogens is 499 g/mol. The van der Waals surface area contributed by atoms with Gasteiger partial charge in [0.15, 0.2) is 16.6 Å². The van der Waals surface area contributed by atoms with Crippen molar-refractivity contribution >= 4 is 28.8 Å². The second-order valence-electron chi connectivity index (χ2n) is 7.79. The molecule has 13 heteroatoms. The van der Waals surface area contributed by atoms with Crippen LogP contribution in [0.2, 0.25) is 0 Å². The lowest BCUT2D eigenvalue weighted by Gasteiger charge is -2.10. The van der Waals surface area contributed by atoms with Gasteiger partial charge in [0.1, 0.15) is 10.8 Å². The number of halogens is 3. The van der Waals surface area contributed by atoms with Crippen molar-refractivity contribution in [2.75, 3.05) is 11.9 Å². The molecule has 0 bridgehead atoms. The molecule has 0 spiro atoms. The van der Waals surface area contributed by atoms with Crippen LogP contribution >= 0.6 is 11.3 Å². The molecule has 0 aliphatic heterocycles. The number of alkyl halides is 3. The van der Waals surface area contributed by atoms with Crippen molar-refractivity contribution in [3.05, 3.63) is 57.7 Å². The lowest BCUT2D eigenvalue weighted by molar-refractivity contribution is -0.274. The van der Waals surface area contributed by atoms with Gasteiger partial charge in [-0.05, 0) is 55.5 Å². The van der Waals surface area contributed by atoms with E-state index in [1.165, 1.54) is 23.5 Å². The summed E-state index contributed by atoms with van der Waals surface area (Å²) in [6, 6.07) is 8.56. The van der Waals surface area contributed by atoms with Gasteiger partial charge >= 0.3 is 6.36 Å². The molecule has 192 valence electrons. The van der Waals surface area contributed by atoms with E-state index in [2.05, 4.69) is 30.4 Å². The number of nitrogens with one attached hydrogen (secondary N) is 1. The number of carbonyl (C=O) groups is 2. The zero-order valence-corrected chi connectivity index (χ0v) is 19.9. The van der Waals surface area contributed by atoms with Gasteiger partial charge in [-0.2, -0.15) is 5.10 Å². The molecule has 0 fully saturated rings. The van der Waals surface area contributed by atoms with Crippen LogP contribution in [0, 0.1) is 0 Å². The maximum absolute atomic E-state index is 12.4. The second-order valence-corrected chi connectivity index (χ2v) is 8.85. The van der Waals surface area contributed by atoms with Gasteiger partial charge in [0, 0.05) is 19.4 Å². The first-order valence-electron chi connectivity index (χ1n) is 11.2. The van der Waals surface area contributed by atoms with Crippen LogP contribution in [0.5, 0.6) is 5.75 Å². The van der Waals surface area contributed by atoms with Crippen molar-refractivity contribution in [3.63, 3.8) is 0 Å². The summed E-state index contributed by atoms with van der Waals surface area (Å²) < 4.78 is 40.9. The number of Topliss-reactive ketones (excluding diaryl/α,β-unsaturated/α-hetero) is 1. The molecule has 0 aliphatic carbocycles. The summed E-state index contributed by atoms with van der Waals surface area (Å²) in [4.78, 5) is 24.1. The number of aryl methyl sites for hydroxylation is 2. The second kappa shape index (κ2) is 13.0. The van der Waals surface area contributed by atoms with E-state index in [4.69, 9.17) is 5.11 Å². The van der Waals surface area contributed by atoms with Gasteiger partial charge in [0.05, 0.1) is 12.1 Å². The van der Waals surface area contributed by atoms with E-state index in [0.717, 1.165) is 35.7 Å². The third-order valence-electron chi connectivity index (χ3n) is 4.82. The predicted octanol–water partition coefficient (Wildman–Crippen LogP) is 3.93. The summed E-state index contributed by atoms with van der Waals surface area (Å²) in [5.74, 6) is -0.722. The Labute approximate surface area is 208 Å². The molecule has 1 aromatic carbocycles. The zero-order valence-electron chi connectivity index (χ0n) is 19.1. The number of aliphatic hydroxyl groups excluding tert-OH is 1. The van der Waals surface area contributed by atoms with Gasteiger partial charge in [-0.15, -0.1) is 28.5 Å². The maximum Gasteiger partial charge on any atom is 0.573 e. The number of aromatic nitrogens is 4. The highest BCUT2D eigenvalue weighted by Gasteiger charge is 2.31. The molecule has 2 heterocycles. The zero-order chi connectivity index (χ0) is 26.0. The maximum atomic E-state index is 12.4. The van der Waals surface area contributed by atoms with Gasteiger partial charge in [0.2, 0.25) is 5.91 Å². The first-order valence-corrected chi connectivity index (χ1v) is 12.0. The monoisotopic (exact) mass is 523 g/mol. The smallest absolute Gasteiger partial charge is 0.406 e. The molecule has 0 atom stereocenters. The van der Waals surface area contributed by atoms with Gasteiger partial charge in [-0.3, -0.25) is 9.59 Å². The number of hydrogen-bond donors (Lipinski definition) is 2. The normalized spacial score (nSPS) is 11.3. The first kappa shape index (κ1) is 27.1. The SMILES string of the molecule is O=C(Cc1cccc(OC(F)(F)F)c1)Nc1ccc(CCCCc2nnc(C(=O)CCCO)s2)nn1. The van der Waals surface area contributed by atoms with E-state index in [-0.39, 0.29) is 31.0 Å². The molecule has 3 rings (SSSR count). The number of nitrogens with zero attached hydrogens (tertiary/aromatic N) is 4. The fraction of sp³-hybridized carbons (Fsp3) is 0.391. The molecular formula is C23H24F3N5O4S. The Bertz CT molecular complexity index is 1160. The molecule has 0 radical (unpaired) electrons. The van der Waals surface area contributed by atoms with Crippen LogP contribution < -0.4 is 10.1 Å². The number of ketones is 1. The van der Waals surface area contributed by atoms with Crippen LogP contribution in [-0.4, -0.2) is 50.2 Å². The van der Waals surface area contributed by atoms with Crippen LogP contribution in [0.4, 0.5) is 19.0 Å². The van der Waals surface area contributed by atoms with E-state index < -0.39 is 18.0 Å². The van der Waals surface area contributed by atoms with Crippen LogP contribution in [0.25, 0.3) is 0 Å². The number of rotatable bonds is 13. The van der Waals surface area contributed by atoms with E-state index >= 15 is 0 Å². The number of aliphatic hydroxyl groups is 1. The summed E-state index contributed by atoms with van der Waals surface area (Å²) in [5, 5.41) is 28.5. The molecule has 2 aromatic heterocycles. The summed E-state index contributed by atoms with van der Waals surface area (Å²) >= 11 is 1.27. The first-order chi connectivity index (χ1) is 17.2.